The lowest BCUT2D eigenvalue weighted by molar-refractivity contribution is 0.289. The minimum absolute atomic E-state index is 0.109. The zero-order valence-electron chi connectivity index (χ0n) is 14.5. The molecule has 0 amide bonds. The molecule has 4 nitrogen and oxygen atoms in total. The molecule has 0 aliphatic heterocycles. The Morgan fingerprint density at radius 3 is 2.28 bits per heavy atom. The van der Waals surface area contributed by atoms with Gasteiger partial charge >= 0.3 is 0 Å². The number of aromatic nitrogens is 1. The fourth-order valence-corrected chi connectivity index (χ4v) is 3.32. The van der Waals surface area contributed by atoms with Crippen LogP contribution in [-0.4, -0.2) is 47.1 Å². The van der Waals surface area contributed by atoms with Crippen LogP contribution in [0.2, 0.25) is 10.0 Å². The summed E-state index contributed by atoms with van der Waals surface area (Å²) in [5, 5.41) is 5.02. The highest BCUT2D eigenvalue weighted by atomic mass is 35.5. The van der Waals surface area contributed by atoms with Gasteiger partial charge in [0.15, 0.2) is 5.11 Å². The Morgan fingerprint density at radius 2 is 1.72 bits per heavy atom. The zero-order valence-corrected chi connectivity index (χ0v) is 16.9. The molecule has 0 saturated heterocycles. The third-order valence-electron chi connectivity index (χ3n) is 3.82. The van der Waals surface area contributed by atoms with Crippen LogP contribution < -0.4 is 5.32 Å². The van der Waals surface area contributed by atoms with Gasteiger partial charge < -0.3 is 15.1 Å². The summed E-state index contributed by atoms with van der Waals surface area (Å²) in [6, 6.07) is 9.43. The molecule has 1 aromatic heterocycles. The lowest BCUT2D eigenvalue weighted by Gasteiger charge is -2.33. The number of nitrogens with one attached hydrogen (secondary N) is 1. The number of nitrogens with zero attached hydrogens (tertiary/aromatic N) is 3. The number of rotatable bonds is 6. The number of benzene rings is 1. The summed E-state index contributed by atoms with van der Waals surface area (Å²) in [6.07, 6.45) is 3.59. The molecule has 1 atom stereocenters. The van der Waals surface area contributed by atoms with Gasteiger partial charge in [-0.15, -0.1) is 0 Å². The van der Waals surface area contributed by atoms with Crippen LogP contribution in [0.5, 0.6) is 0 Å². The molecule has 1 heterocycles. The largest absolute Gasteiger partial charge is 0.341 e. The van der Waals surface area contributed by atoms with Crippen molar-refractivity contribution in [1.29, 1.82) is 0 Å². The predicted octanol–water partition coefficient (Wildman–Crippen LogP) is 4.71. The molecule has 134 valence electrons. The van der Waals surface area contributed by atoms with Crippen LogP contribution in [-0.2, 0) is 0 Å². The molecule has 7 heteroatoms. The number of halogens is 2. The lowest BCUT2D eigenvalue weighted by Crippen LogP contribution is -2.40. The summed E-state index contributed by atoms with van der Waals surface area (Å²) in [7, 11) is 4.09. The van der Waals surface area contributed by atoms with E-state index < -0.39 is 0 Å². The third-order valence-corrected chi connectivity index (χ3v) is 4.59. The van der Waals surface area contributed by atoms with E-state index in [4.69, 9.17) is 35.4 Å². The van der Waals surface area contributed by atoms with E-state index in [1.165, 1.54) is 0 Å². The molecular formula is C18H22Cl2N4S. The number of likely N-dealkylation sites (N-methyl/N-ethyl adjacent to an activating group) is 1. The Kier molecular flexibility index (Phi) is 7.44. The molecular weight excluding hydrogens is 375 g/mol. The maximum atomic E-state index is 6.08. The van der Waals surface area contributed by atoms with Crippen LogP contribution in [0, 0.1) is 0 Å². The van der Waals surface area contributed by atoms with Crippen molar-refractivity contribution in [3.05, 3.63) is 58.3 Å². The van der Waals surface area contributed by atoms with Gasteiger partial charge in [0.25, 0.3) is 0 Å². The van der Waals surface area contributed by atoms with E-state index in [0.717, 1.165) is 24.3 Å². The molecule has 0 aliphatic rings. The lowest BCUT2D eigenvalue weighted by atomic mass is 10.1. The average Bonchev–Trinajstić information content (AvgIpc) is 2.54. The maximum absolute atomic E-state index is 6.08. The summed E-state index contributed by atoms with van der Waals surface area (Å²) < 4.78 is 0. The van der Waals surface area contributed by atoms with Gasteiger partial charge in [-0.3, -0.25) is 4.98 Å². The van der Waals surface area contributed by atoms with Gasteiger partial charge in [-0.1, -0.05) is 23.2 Å². The standard InChI is InChI=1S/C18H22Cl2N4S/c1-13(14-4-6-21-7-5-14)24(9-8-23(2)3)18(25)22-17-11-15(19)10-16(20)12-17/h4-7,10-13H,8-9H2,1-3H3,(H,22,25)/t13-/m0/s1. The van der Waals surface area contributed by atoms with E-state index >= 15 is 0 Å². The third kappa shape index (κ3) is 6.12. The summed E-state index contributed by atoms with van der Waals surface area (Å²) in [5.74, 6) is 0. The normalized spacial score (nSPS) is 12.1. The van der Waals surface area contributed by atoms with Crippen molar-refractivity contribution in [3.63, 3.8) is 0 Å². The highest BCUT2D eigenvalue weighted by Crippen LogP contribution is 2.25. The van der Waals surface area contributed by atoms with Crippen molar-refractivity contribution in [3.8, 4) is 0 Å². The molecule has 0 bridgehead atoms. The second-order valence-corrected chi connectivity index (χ2v) is 7.30. The maximum Gasteiger partial charge on any atom is 0.173 e. The Labute approximate surface area is 164 Å². The quantitative estimate of drug-likeness (QED) is 0.714. The minimum atomic E-state index is 0.109. The fourth-order valence-electron chi connectivity index (χ4n) is 2.42. The molecule has 2 aromatic rings. The molecule has 2 rings (SSSR count). The van der Waals surface area contributed by atoms with E-state index in [9.17, 15) is 0 Å². The summed E-state index contributed by atoms with van der Waals surface area (Å²) >= 11 is 17.8. The van der Waals surface area contributed by atoms with Gasteiger partial charge in [-0.2, -0.15) is 0 Å². The predicted molar refractivity (Wildman–Crippen MR) is 111 cm³/mol. The van der Waals surface area contributed by atoms with Gasteiger partial charge in [0, 0.05) is 41.2 Å². The number of hydrogen-bond donors (Lipinski definition) is 1. The van der Waals surface area contributed by atoms with E-state index in [0.29, 0.717) is 15.2 Å². The van der Waals surface area contributed by atoms with Crippen LogP contribution >= 0.6 is 35.4 Å². The summed E-state index contributed by atoms with van der Waals surface area (Å²) in [5.41, 5.74) is 1.93. The van der Waals surface area contributed by atoms with Crippen molar-refractivity contribution in [1.82, 2.24) is 14.8 Å². The topological polar surface area (TPSA) is 31.4 Å². The molecule has 1 aromatic carbocycles. The van der Waals surface area contributed by atoms with Crippen LogP contribution in [0.4, 0.5) is 5.69 Å². The fraction of sp³-hybridized carbons (Fsp3) is 0.333. The number of pyridine rings is 1. The molecule has 0 unspecified atom stereocenters. The van der Waals surface area contributed by atoms with Crippen LogP contribution in [0.3, 0.4) is 0 Å². The van der Waals surface area contributed by atoms with E-state index in [1.54, 1.807) is 30.6 Å². The molecule has 0 aliphatic carbocycles. The summed E-state index contributed by atoms with van der Waals surface area (Å²) in [4.78, 5) is 8.37. The first-order valence-corrected chi connectivity index (χ1v) is 9.11. The second-order valence-electron chi connectivity index (χ2n) is 6.04. The van der Waals surface area contributed by atoms with Gasteiger partial charge in [0.1, 0.15) is 0 Å². The summed E-state index contributed by atoms with van der Waals surface area (Å²) in [6.45, 7) is 3.80. The Bertz CT molecular complexity index is 689. The van der Waals surface area contributed by atoms with Crippen molar-refractivity contribution >= 4 is 46.2 Å². The van der Waals surface area contributed by atoms with Crippen LogP contribution in [0.25, 0.3) is 0 Å². The molecule has 0 saturated carbocycles. The Hall–Kier alpha value is -1.40. The number of thiocarbonyl (C=S) groups is 1. The average molecular weight is 397 g/mol. The van der Waals surface area contributed by atoms with Gasteiger partial charge in [-0.05, 0) is 69.1 Å². The van der Waals surface area contributed by atoms with Gasteiger partial charge in [-0.25, -0.2) is 0 Å². The number of hydrogen-bond acceptors (Lipinski definition) is 3. The van der Waals surface area contributed by atoms with E-state index in [2.05, 4.69) is 27.0 Å². The first-order valence-electron chi connectivity index (χ1n) is 7.95. The van der Waals surface area contributed by atoms with E-state index in [1.807, 2.05) is 26.2 Å². The van der Waals surface area contributed by atoms with Crippen molar-refractivity contribution < 1.29 is 0 Å². The first kappa shape index (κ1) is 19.9. The van der Waals surface area contributed by atoms with E-state index in [-0.39, 0.29) is 6.04 Å². The minimum Gasteiger partial charge on any atom is -0.341 e. The first-order chi connectivity index (χ1) is 11.9. The van der Waals surface area contributed by atoms with Gasteiger partial charge in [0.05, 0.1) is 6.04 Å². The smallest absolute Gasteiger partial charge is 0.173 e. The number of anilines is 1. The van der Waals surface area contributed by atoms with Gasteiger partial charge in [0.2, 0.25) is 0 Å². The molecule has 0 radical (unpaired) electrons. The Morgan fingerprint density at radius 1 is 1.12 bits per heavy atom. The van der Waals surface area contributed by atoms with Crippen molar-refractivity contribution in [2.24, 2.45) is 0 Å². The van der Waals surface area contributed by atoms with Crippen molar-refractivity contribution in [2.75, 3.05) is 32.5 Å². The Balaban J connectivity index is 2.19. The molecule has 0 spiro atoms. The second kappa shape index (κ2) is 9.34. The molecule has 25 heavy (non-hydrogen) atoms. The van der Waals surface area contributed by atoms with Crippen LogP contribution in [0.1, 0.15) is 18.5 Å². The molecule has 0 fully saturated rings. The zero-order chi connectivity index (χ0) is 18.4. The molecule has 1 N–H and O–H groups in total. The monoisotopic (exact) mass is 396 g/mol. The van der Waals surface area contributed by atoms with Crippen LogP contribution in [0.15, 0.2) is 42.7 Å². The highest BCUT2D eigenvalue weighted by Gasteiger charge is 2.19. The SMILES string of the molecule is C[C@@H](c1ccncc1)N(CCN(C)C)C(=S)Nc1cc(Cl)cc(Cl)c1. The highest BCUT2D eigenvalue weighted by molar-refractivity contribution is 7.80. The van der Waals surface area contributed by atoms with Crippen molar-refractivity contribution in [2.45, 2.75) is 13.0 Å².